The van der Waals surface area contributed by atoms with Gasteiger partial charge in [-0.25, -0.2) is 4.39 Å². The molecular weight excluding hydrogens is 465 g/mol. The van der Waals surface area contributed by atoms with E-state index in [9.17, 15) is 14.0 Å². The molecule has 4 heterocycles. The van der Waals surface area contributed by atoms with Crippen LogP contribution in [-0.4, -0.2) is 24.5 Å². The van der Waals surface area contributed by atoms with Gasteiger partial charge in [0.05, 0.1) is 17.7 Å². The molecule has 1 aromatic carbocycles. The highest BCUT2D eigenvalue weighted by Gasteiger charge is 2.33. The van der Waals surface area contributed by atoms with Crippen molar-refractivity contribution in [2.24, 2.45) is 0 Å². The van der Waals surface area contributed by atoms with Gasteiger partial charge < -0.3 is 9.15 Å². The molecule has 0 N–H and O–H groups in total. The number of carbonyl (C=O) groups is 1. The van der Waals surface area contributed by atoms with Crippen molar-refractivity contribution in [3.8, 4) is 11.6 Å². The molecule has 1 aliphatic rings. The number of amides is 1. The maximum atomic E-state index is 14.2. The highest BCUT2D eigenvalue weighted by molar-refractivity contribution is 8.26. The molecule has 1 amide bonds. The minimum atomic E-state index is -0.608. The molecule has 0 atom stereocenters. The molecule has 0 saturated carbocycles. The van der Waals surface area contributed by atoms with Crippen LogP contribution in [-0.2, 0) is 11.3 Å². The van der Waals surface area contributed by atoms with E-state index in [1.165, 1.54) is 39.8 Å². The van der Waals surface area contributed by atoms with Crippen molar-refractivity contribution < 1.29 is 18.3 Å². The number of nitrogens with zero attached hydrogens (tertiary/aromatic N) is 3. The normalized spacial score (nSPS) is 15.1. The zero-order valence-electron chi connectivity index (χ0n) is 16.8. The molecule has 10 heteroatoms. The van der Waals surface area contributed by atoms with Crippen LogP contribution in [0.3, 0.4) is 0 Å². The molecule has 1 aliphatic heterocycles. The Morgan fingerprint density at radius 2 is 1.94 bits per heavy atom. The number of hydrogen-bond donors (Lipinski definition) is 0. The Morgan fingerprint density at radius 3 is 2.73 bits per heavy atom. The third-order valence-corrected chi connectivity index (χ3v) is 6.20. The minimum Gasteiger partial charge on any atom is -0.467 e. The van der Waals surface area contributed by atoms with Crippen LogP contribution in [0.25, 0.3) is 11.7 Å². The SMILES string of the molecule is O=C1/C(=C/c2c(Oc3ccccc3F)nc3ccccn3c2=O)SC(=S)N1Cc1ccco1. The van der Waals surface area contributed by atoms with E-state index in [-0.39, 0.29) is 34.6 Å². The van der Waals surface area contributed by atoms with Crippen molar-refractivity contribution >= 4 is 45.9 Å². The van der Waals surface area contributed by atoms with E-state index in [2.05, 4.69) is 4.98 Å². The number of thioether (sulfide) groups is 1. The van der Waals surface area contributed by atoms with E-state index in [0.29, 0.717) is 15.7 Å². The van der Waals surface area contributed by atoms with Gasteiger partial charge in [0, 0.05) is 6.20 Å². The first-order valence-corrected chi connectivity index (χ1v) is 11.0. The first-order valence-electron chi connectivity index (χ1n) is 9.73. The van der Waals surface area contributed by atoms with Crippen LogP contribution in [0.4, 0.5) is 4.39 Å². The summed E-state index contributed by atoms with van der Waals surface area (Å²) in [4.78, 5) is 32.3. The number of benzene rings is 1. The molecule has 0 unspecified atom stereocenters. The van der Waals surface area contributed by atoms with E-state index in [1.807, 2.05) is 0 Å². The topological polar surface area (TPSA) is 77.0 Å². The average Bonchev–Trinajstić information content (AvgIpc) is 3.42. The predicted molar refractivity (Wildman–Crippen MR) is 125 cm³/mol. The van der Waals surface area contributed by atoms with Gasteiger partial charge >= 0.3 is 0 Å². The third-order valence-electron chi connectivity index (χ3n) is 4.82. The number of ether oxygens (including phenoxy) is 1. The second kappa shape index (κ2) is 8.64. The number of hydrogen-bond acceptors (Lipinski definition) is 7. The molecule has 3 aromatic heterocycles. The Bertz CT molecular complexity index is 1480. The Hall–Kier alpha value is -3.76. The fourth-order valence-corrected chi connectivity index (χ4v) is 4.48. The van der Waals surface area contributed by atoms with E-state index >= 15 is 0 Å². The summed E-state index contributed by atoms with van der Waals surface area (Å²) in [7, 11) is 0. The van der Waals surface area contributed by atoms with Crippen molar-refractivity contribution in [2.75, 3.05) is 0 Å². The number of halogens is 1. The monoisotopic (exact) mass is 479 g/mol. The quantitative estimate of drug-likeness (QED) is 0.305. The van der Waals surface area contributed by atoms with Gasteiger partial charge in [0.2, 0.25) is 5.88 Å². The summed E-state index contributed by atoms with van der Waals surface area (Å²) >= 11 is 6.41. The van der Waals surface area contributed by atoms with E-state index in [4.69, 9.17) is 21.4 Å². The van der Waals surface area contributed by atoms with Gasteiger partial charge in [-0.2, -0.15) is 4.98 Å². The van der Waals surface area contributed by atoms with Crippen LogP contribution >= 0.6 is 24.0 Å². The average molecular weight is 480 g/mol. The standard InChI is InChI=1S/C23H14FN3O4S2/c24-16-7-1-2-8-17(16)31-20-15(21(28)26-10-4-3-9-19(26)25-20)12-18-22(29)27(23(32)33-18)13-14-6-5-11-30-14/h1-12H,13H2/b18-12-. The van der Waals surface area contributed by atoms with Gasteiger partial charge in [-0.05, 0) is 42.5 Å². The molecule has 4 aromatic rings. The molecule has 0 spiro atoms. The van der Waals surface area contributed by atoms with Crippen LogP contribution in [0.1, 0.15) is 11.3 Å². The van der Waals surface area contributed by atoms with Crippen molar-refractivity contribution in [1.82, 2.24) is 14.3 Å². The summed E-state index contributed by atoms with van der Waals surface area (Å²) in [6.07, 6.45) is 4.44. The summed E-state index contributed by atoms with van der Waals surface area (Å²) in [5, 5.41) is 0. The van der Waals surface area contributed by atoms with Gasteiger partial charge in [-0.1, -0.05) is 42.2 Å². The smallest absolute Gasteiger partial charge is 0.269 e. The molecule has 1 fully saturated rings. The molecular formula is C23H14FN3O4S2. The lowest BCUT2D eigenvalue weighted by atomic mass is 10.2. The molecule has 0 aliphatic carbocycles. The summed E-state index contributed by atoms with van der Waals surface area (Å²) in [6.45, 7) is 0.169. The van der Waals surface area contributed by atoms with Gasteiger partial charge in [0.25, 0.3) is 11.5 Å². The minimum absolute atomic E-state index is 0.000418. The lowest BCUT2D eigenvalue weighted by Gasteiger charge is -2.12. The van der Waals surface area contributed by atoms with Crippen LogP contribution in [0.15, 0.2) is 81.2 Å². The van der Waals surface area contributed by atoms with Crippen LogP contribution in [0, 0.1) is 5.82 Å². The van der Waals surface area contributed by atoms with Crippen LogP contribution in [0.2, 0.25) is 0 Å². The predicted octanol–water partition coefficient (Wildman–Crippen LogP) is 4.62. The lowest BCUT2D eigenvalue weighted by molar-refractivity contribution is -0.122. The number of aromatic nitrogens is 2. The Morgan fingerprint density at radius 1 is 1.12 bits per heavy atom. The number of thiocarbonyl (C=S) groups is 1. The van der Waals surface area contributed by atoms with E-state index in [1.54, 1.807) is 42.6 Å². The highest BCUT2D eigenvalue weighted by Crippen LogP contribution is 2.35. The van der Waals surface area contributed by atoms with E-state index < -0.39 is 11.4 Å². The second-order valence-corrected chi connectivity index (χ2v) is 8.62. The molecule has 5 rings (SSSR count). The Labute approximate surface area is 196 Å². The van der Waals surface area contributed by atoms with Crippen molar-refractivity contribution in [3.05, 3.63) is 99.5 Å². The zero-order chi connectivity index (χ0) is 22.9. The van der Waals surface area contributed by atoms with Crippen molar-refractivity contribution in [1.29, 1.82) is 0 Å². The summed E-state index contributed by atoms with van der Waals surface area (Å²) in [5.41, 5.74) is -0.153. The van der Waals surface area contributed by atoms with Gasteiger partial charge in [0.15, 0.2) is 11.6 Å². The maximum Gasteiger partial charge on any atom is 0.269 e. The number of pyridine rings is 1. The van der Waals surface area contributed by atoms with Gasteiger partial charge in [-0.3, -0.25) is 18.9 Å². The molecule has 0 bridgehead atoms. The lowest BCUT2D eigenvalue weighted by Crippen LogP contribution is -2.27. The van der Waals surface area contributed by atoms with Crippen LogP contribution < -0.4 is 10.3 Å². The summed E-state index contributed by atoms with van der Waals surface area (Å²) in [6, 6.07) is 14.3. The number of fused-ring (bicyclic) bond motifs is 1. The van der Waals surface area contributed by atoms with Crippen molar-refractivity contribution in [3.63, 3.8) is 0 Å². The first-order chi connectivity index (χ1) is 16.0. The molecule has 33 heavy (non-hydrogen) atoms. The first kappa shape index (κ1) is 21.1. The highest BCUT2D eigenvalue weighted by atomic mass is 32.2. The molecule has 7 nitrogen and oxygen atoms in total. The largest absolute Gasteiger partial charge is 0.467 e. The van der Waals surface area contributed by atoms with Crippen LogP contribution in [0.5, 0.6) is 11.6 Å². The number of para-hydroxylation sites is 1. The number of rotatable bonds is 5. The van der Waals surface area contributed by atoms with Gasteiger partial charge in [-0.15, -0.1) is 0 Å². The fraction of sp³-hybridized carbons (Fsp3) is 0.0435. The van der Waals surface area contributed by atoms with E-state index in [0.717, 1.165) is 11.8 Å². The second-order valence-electron chi connectivity index (χ2n) is 6.94. The Kier molecular flexibility index (Phi) is 5.53. The summed E-state index contributed by atoms with van der Waals surface area (Å²) in [5.74, 6) is -0.625. The van der Waals surface area contributed by atoms with Crippen molar-refractivity contribution in [2.45, 2.75) is 6.54 Å². The number of furan rings is 1. The Balaban J connectivity index is 1.59. The molecule has 164 valence electrons. The fourth-order valence-electron chi connectivity index (χ4n) is 3.24. The molecule has 0 radical (unpaired) electrons. The third kappa shape index (κ3) is 4.06. The number of carbonyl (C=O) groups excluding carboxylic acids is 1. The summed E-state index contributed by atoms with van der Waals surface area (Å²) < 4.78 is 26.9. The zero-order valence-corrected chi connectivity index (χ0v) is 18.4. The van der Waals surface area contributed by atoms with Gasteiger partial charge in [0.1, 0.15) is 21.3 Å². The molecule has 1 saturated heterocycles. The maximum absolute atomic E-state index is 14.2.